The Kier molecular flexibility index (Phi) is 7.36. The average molecular weight is 439 g/mol. The highest BCUT2D eigenvalue weighted by Crippen LogP contribution is 2.38. The van der Waals surface area contributed by atoms with Gasteiger partial charge in [0.15, 0.2) is 18.1 Å². The molecule has 0 spiro atoms. The van der Waals surface area contributed by atoms with Gasteiger partial charge in [-0.05, 0) is 24.3 Å². The molecule has 0 aliphatic carbocycles. The van der Waals surface area contributed by atoms with Crippen molar-refractivity contribution in [3.05, 3.63) is 54.4 Å². The lowest BCUT2D eigenvalue weighted by Crippen LogP contribution is -2.24. The molecule has 3 rings (SSSR count). The fourth-order valence-electron chi connectivity index (χ4n) is 2.58. The predicted octanol–water partition coefficient (Wildman–Crippen LogP) is 1.74. The summed E-state index contributed by atoms with van der Waals surface area (Å²) in [6.45, 7) is 0.946. The summed E-state index contributed by atoms with van der Waals surface area (Å²) in [7, 11) is 2.85. The first-order chi connectivity index (χ1) is 15.5. The van der Waals surface area contributed by atoms with E-state index in [4.69, 9.17) is 18.9 Å². The SMILES string of the molecule is COc1cc(/C=N/NC(=O)COc2ncn(-c3ccccc3)n2)cc(OC)c1OC(C)=O. The number of carbonyl (C=O) groups excluding carboxylic acids is 2. The standard InChI is InChI=1S/C21H21N5O6/c1-14(27)32-20-17(29-2)9-15(10-18(20)30-3)11-23-24-19(28)12-31-21-22-13-26(25-21)16-7-5-4-6-8-16/h4-11,13H,12H2,1-3H3,(H,24,28)/b23-11+. The number of nitrogens with zero attached hydrogens (tertiary/aromatic N) is 4. The maximum absolute atomic E-state index is 12.0. The summed E-state index contributed by atoms with van der Waals surface area (Å²) >= 11 is 0. The van der Waals surface area contributed by atoms with Gasteiger partial charge in [0.25, 0.3) is 5.91 Å². The van der Waals surface area contributed by atoms with E-state index in [9.17, 15) is 9.59 Å². The number of para-hydroxylation sites is 1. The van der Waals surface area contributed by atoms with Crippen LogP contribution in [-0.4, -0.2) is 53.7 Å². The molecule has 0 fully saturated rings. The number of hydrazone groups is 1. The van der Waals surface area contributed by atoms with Crippen LogP contribution in [0.2, 0.25) is 0 Å². The predicted molar refractivity (Wildman–Crippen MR) is 113 cm³/mol. The van der Waals surface area contributed by atoms with Crippen LogP contribution in [0.4, 0.5) is 0 Å². The Morgan fingerprint density at radius 3 is 2.44 bits per heavy atom. The molecule has 0 radical (unpaired) electrons. The molecule has 0 atom stereocenters. The molecule has 1 amide bonds. The smallest absolute Gasteiger partial charge is 0.336 e. The average Bonchev–Trinajstić information content (AvgIpc) is 3.27. The number of hydrogen-bond donors (Lipinski definition) is 1. The van der Waals surface area contributed by atoms with E-state index in [1.807, 2.05) is 30.3 Å². The number of methoxy groups -OCH3 is 2. The highest BCUT2D eigenvalue weighted by molar-refractivity contribution is 5.85. The molecule has 0 aliphatic heterocycles. The number of nitrogens with one attached hydrogen (secondary N) is 1. The van der Waals surface area contributed by atoms with Crippen molar-refractivity contribution < 1.29 is 28.5 Å². The Morgan fingerprint density at radius 1 is 1.12 bits per heavy atom. The molecule has 1 N–H and O–H groups in total. The zero-order valence-electron chi connectivity index (χ0n) is 17.6. The molecule has 11 nitrogen and oxygen atoms in total. The molecule has 0 bridgehead atoms. The van der Waals surface area contributed by atoms with Crippen LogP contribution in [0.15, 0.2) is 53.9 Å². The first-order valence-electron chi connectivity index (χ1n) is 9.36. The van der Waals surface area contributed by atoms with Crippen molar-refractivity contribution in [2.45, 2.75) is 6.92 Å². The van der Waals surface area contributed by atoms with Crippen LogP contribution in [0.5, 0.6) is 23.3 Å². The van der Waals surface area contributed by atoms with Crippen molar-refractivity contribution in [2.75, 3.05) is 20.8 Å². The second-order valence-electron chi connectivity index (χ2n) is 6.24. The number of carbonyl (C=O) groups is 2. The maximum atomic E-state index is 12.0. The summed E-state index contributed by atoms with van der Waals surface area (Å²) in [6.07, 6.45) is 2.86. The van der Waals surface area contributed by atoms with E-state index >= 15 is 0 Å². The number of esters is 1. The van der Waals surface area contributed by atoms with Crippen LogP contribution in [0.3, 0.4) is 0 Å². The minimum absolute atomic E-state index is 0.0588. The summed E-state index contributed by atoms with van der Waals surface area (Å²) < 4.78 is 22.4. The fraction of sp³-hybridized carbons (Fsp3) is 0.190. The minimum Gasteiger partial charge on any atom is -0.493 e. The second kappa shape index (κ2) is 10.6. The molecule has 0 unspecified atom stereocenters. The number of aromatic nitrogens is 3. The third-order valence-corrected chi connectivity index (χ3v) is 3.96. The Hall–Kier alpha value is -4.41. The van der Waals surface area contributed by atoms with Crippen LogP contribution in [0, 0.1) is 0 Å². The second-order valence-corrected chi connectivity index (χ2v) is 6.24. The third-order valence-electron chi connectivity index (χ3n) is 3.96. The first-order valence-corrected chi connectivity index (χ1v) is 9.36. The number of rotatable bonds is 9. The van der Waals surface area contributed by atoms with Crippen molar-refractivity contribution in [3.8, 4) is 28.9 Å². The summed E-state index contributed by atoms with van der Waals surface area (Å²) in [5, 5.41) is 8.03. The van der Waals surface area contributed by atoms with Crippen molar-refractivity contribution in [2.24, 2.45) is 5.10 Å². The van der Waals surface area contributed by atoms with Crippen LogP contribution in [-0.2, 0) is 9.59 Å². The molecule has 0 aliphatic rings. The van der Waals surface area contributed by atoms with Gasteiger partial charge in [0.2, 0.25) is 5.75 Å². The summed E-state index contributed by atoms with van der Waals surface area (Å²) in [4.78, 5) is 27.3. The Bertz CT molecular complexity index is 1090. The molecule has 32 heavy (non-hydrogen) atoms. The van der Waals surface area contributed by atoms with Gasteiger partial charge in [0.1, 0.15) is 6.33 Å². The van der Waals surface area contributed by atoms with Gasteiger partial charge in [-0.25, -0.2) is 10.1 Å². The van der Waals surface area contributed by atoms with E-state index in [1.54, 1.807) is 12.1 Å². The fourth-order valence-corrected chi connectivity index (χ4v) is 2.58. The van der Waals surface area contributed by atoms with Gasteiger partial charge < -0.3 is 18.9 Å². The van der Waals surface area contributed by atoms with E-state index in [2.05, 4.69) is 20.6 Å². The summed E-state index contributed by atoms with van der Waals surface area (Å²) in [5.74, 6) is -0.322. The normalized spacial score (nSPS) is 10.6. The van der Waals surface area contributed by atoms with Gasteiger partial charge in [-0.3, -0.25) is 9.59 Å². The van der Waals surface area contributed by atoms with Crippen LogP contribution >= 0.6 is 0 Å². The minimum atomic E-state index is -0.515. The highest BCUT2D eigenvalue weighted by atomic mass is 16.6. The Morgan fingerprint density at radius 2 is 1.81 bits per heavy atom. The van der Waals surface area contributed by atoms with Crippen molar-refractivity contribution in [1.29, 1.82) is 0 Å². The zero-order chi connectivity index (χ0) is 22.9. The van der Waals surface area contributed by atoms with E-state index in [-0.39, 0.29) is 29.9 Å². The summed E-state index contributed by atoms with van der Waals surface area (Å²) in [5.41, 5.74) is 3.69. The highest BCUT2D eigenvalue weighted by Gasteiger charge is 2.15. The topological polar surface area (TPSA) is 126 Å². The van der Waals surface area contributed by atoms with Gasteiger partial charge in [-0.2, -0.15) is 10.1 Å². The van der Waals surface area contributed by atoms with Crippen molar-refractivity contribution >= 4 is 18.1 Å². The van der Waals surface area contributed by atoms with Crippen LogP contribution < -0.4 is 24.4 Å². The molecule has 1 aromatic heterocycles. The van der Waals surface area contributed by atoms with Gasteiger partial charge in [0, 0.05) is 12.5 Å². The van der Waals surface area contributed by atoms with E-state index in [1.165, 1.54) is 38.4 Å². The van der Waals surface area contributed by atoms with Gasteiger partial charge in [-0.15, -0.1) is 5.10 Å². The van der Waals surface area contributed by atoms with Crippen molar-refractivity contribution in [1.82, 2.24) is 20.2 Å². The Balaban J connectivity index is 1.57. The van der Waals surface area contributed by atoms with Crippen LogP contribution in [0.1, 0.15) is 12.5 Å². The largest absolute Gasteiger partial charge is 0.493 e. The molecular formula is C21H21N5O6. The molecule has 0 saturated heterocycles. The first kappa shape index (κ1) is 22.3. The maximum Gasteiger partial charge on any atom is 0.336 e. The molecule has 166 valence electrons. The lowest BCUT2D eigenvalue weighted by Gasteiger charge is -2.13. The molecule has 1 heterocycles. The molecule has 0 saturated carbocycles. The zero-order valence-corrected chi connectivity index (χ0v) is 17.6. The number of amides is 1. The quantitative estimate of drug-likeness (QED) is 0.231. The number of ether oxygens (including phenoxy) is 4. The van der Waals surface area contributed by atoms with E-state index < -0.39 is 11.9 Å². The number of hydrogen-bond acceptors (Lipinski definition) is 9. The molecule has 11 heteroatoms. The van der Waals surface area contributed by atoms with E-state index in [0.717, 1.165) is 5.69 Å². The van der Waals surface area contributed by atoms with Gasteiger partial charge >= 0.3 is 12.0 Å². The molecule has 3 aromatic rings. The lowest BCUT2D eigenvalue weighted by atomic mass is 10.2. The molecular weight excluding hydrogens is 418 g/mol. The monoisotopic (exact) mass is 439 g/mol. The summed E-state index contributed by atoms with van der Waals surface area (Å²) in [6, 6.07) is 12.6. The van der Waals surface area contributed by atoms with Crippen molar-refractivity contribution in [3.63, 3.8) is 0 Å². The van der Waals surface area contributed by atoms with Crippen LogP contribution in [0.25, 0.3) is 5.69 Å². The van der Waals surface area contributed by atoms with Gasteiger partial charge in [0.05, 0.1) is 26.1 Å². The third kappa shape index (κ3) is 5.81. The number of benzene rings is 2. The Labute approximate surface area is 183 Å². The van der Waals surface area contributed by atoms with Gasteiger partial charge in [-0.1, -0.05) is 18.2 Å². The van der Waals surface area contributed by atoms with E-state index in [0.29, 0.717) is 5.56 Å². The molecule has 2 aromatic carbocycles. The lowest BCUT2D eigenvalue weighted by molar-refractivity contribution is -0.132.